The molecule has 0 aliphatic rings. The van der Waals surface area contributed by atoms with Gasteiger partial charge in [-0.1, -0.05) is 30.3 Å². The number of hydrogen-bond acceptors (Lipinski definition) is 4. The lowest BCUT2D eigenvalue weighted by Gasteiger charge is -2.18. The summed E-state index contributed by atoms with van der Waals surface area (Å²) in [6, 6.07) is 11.3. The first-order chi connectivity index (χ1) is 10.3. The highest BCUT2D eigenvalue weighted by Gasteiger charge is 2.14. The van der Waals surface area contributed by atoms with Gasteiger partial charge in [0.05, 0.1) is 0 Å². The number of pyridine rings is 1. The van der Waals surface area contributed by atoms with E-state index < -0.39 is 6.10 Å². The van der Waals surface area contributed by atoms with Crippen LogP contribution in [0.1, 0.15) is 42.9 Å². The Morgan fingerprint density at radius 1 is 0.952 bits per heavy atom. The first-order valence-corrected chi connectivity index (χ1v) is 7.17. The normalized spacial score (nSPS) is 12.6. The Labute approximate surface area is 125 Å². The van der Waals surface area contributed by atoms with E-state index >= 15 is 0 Å². The molecule has 0 radical (unpaired) electrons. The number of aliphatic hydroxyl groups excluding tert-OH is 1. The van der Waals surface area contributed by atoms with Crippen molar-refractivity contribution < 1.29 is 14.6 Å². The molecule has 0 saturated heterocycles. The Hall–Kier alpha value is -1.75. The zero-order valence-electron chi connectivity index (χ0n) is 12.4. The second-order valence-electron chi connectivity index (χ2n) is 4.60. The van der Waals surface area contributed by atoms with E-state index in [1.807, 2.05) is 50.2 Å². The minimum Gasteiger partial charge on any atom is -0.384 e. The molecule has 0 bridgehead atoms. The van der Waals surface area contributed by atoms with E-state index in [0.29, 0.717) is 13.2 Å². The Morgan fingerprint density at radius 3 is 2.10 bits per heavy atom. The highest BCUT2D eigenvalue weighted by molar-refractivity contribution is 5.31. The molecule has 0 saturated carbocycles. The number of benzene rings is 1. The number of hydrogen-bond donors (Lipinski definition) is 1. The Morgan fingerprint density at radius 2 is 1.57 bits per heavy atom. The van der Waals surface area contributed by atoms with Crippen molar-refractivity contribution in [3.05, 3.63) is 65.5 Å². The maximum absolute atomic E-state index is 10.3. The van der Waals surface area contributed by atoms with Crippen LogP contribution >= 0.6 is 0 Å². The van der Waals surface area contributed by atoms with Crippen molar-refractivity contribution in [3.63, 3.8) is 0 Å². The van der Waals surface area contributed by atoms with Crippen molar-refractivity contribution in [2.75, 3.05) is 13.2 Å². The fourth-order valence-electron chi connectivity index (χ4n) is 2.11. The van der Waals surface area contributed by atoms with Gasteiger partial charge in [-0.25, -0.2) is 0 Å². The predicted octanol–water partition coefficient (Wildman–Crippen LogP) is 3.23. The largest absolute Gasteiger partial charge is 0.384 e. The lowest BCUT2D eigenvalue weighted by molar-refractivity contribution is -0.140. The van der Waals surface area contributed by atoms with Crippen LogP contribution in [-0.4, -0.2) is 23.3 Å². The number of ether oxygens (including phenoxy) is 2. The van der Waals surface area contributed by atoms with Crippen molar-refractivity contribution in [1.82, 2.24) is 4.98 Å². The van der Waals surface area contributed by atoms with Gasteiger partial charge in [-0.2, -0.15) is 0 Å². The molecule has 0 fully saturated rings. The number of nitrogens with zero attached hydrogens (tertiary/aromatic N) is 1. The highest BCUT2D eigenvalue weighted by Crippen LogP contribution is 2.24. The molecule has 0 aliphatic heterocycles. The Balaban J connectivity index is 2.14. The van der Waals surface area contributed by atoms with Crippen LogP contribution in [-0.2, 0) is 9.47 Å². The van der Waals surface area contributed by atoms with Crippen molar-refractivity contribution in [3.8, 4) is 0 Å². The molecule has 1 aromatic heterocycles. The summed E-state index contributed by atoms with van der Waals surface area (Å²) in [5.41, 5.74) is 2.54. The van der Waals surface area contributed by atoms with Crippen molar-refractivity contribution in [2.45, 2.75) is 26.2 Å². The number of aromatic nitrogens is 1. The standard InChI is InChI=1S/C17H21NO3/c1-3-20-17(21-4-2)14-9-7-13(8-10-14)16(19)15-6-5-11-18-12-15/h5-12,16-17,19H,3-4H2,1-2H3. The minimum atomic E-state index is -0.676. The maximum Gasteiger partial charge on any atom is 0.183 e. The van der Waals surface area contributed by atoms with Gasteiger partial charge in [0.25, 0.3) is 0 Å². The van der Waals surface area contributed by atoms with Gasteiger partial charge in [0.15, 0.2) is 6.29 Å². The molecule has 0 aliphatic carbocycles. The molecule has 0 amide bonds. The summed E-state index contributed by atoms with van der Waals surface area (Å²) in [6.07, 6.45) is 2.32. The molecule has 21 heavy (non-hydrogen) atoms. The lowest BCUT2D eigenvalue weighted by Crippen LogP contribution is -2.09. The Kier molecular flexibility index (Phi) is 5.87. The first kappa shape index (κ1) is 15.6. The molecular weight excluding hydrogens is 266 g/mol. The third-order valence-electron chi connectivity index (χ3n) is 3.16. The van der Waals surface area contributed by atoms with Gasteiger partial charge in [-0.15, -0.1) is 0 Å². The van der Waals surface area contributed by atoms with E-state index in [0.717, 1.165) is 16.7 Å². The quantitative estimate of drug-likeness (QED) is 0.794. The second kappa shape index (κ2) is 7.88. The van der Waals surface area contributed by atoms with Gasteiger partial charge < -0.3 is 14.6 Å². The van der Waals surface area contributed by atoms with Crippen molar-refractivity contribution in [1.29, 1.82) is 0 Å². The molecule has 2 rings (SSSR count). The molecule has 1 atom stereocenters. The van der Waals surface area contributed by atoms with Crippen molar-refractivity contribution in [2.24, 2.45) is 0 Å². The monoisotopic (exact) mass is 287 g/mol. The zero-order chi connectivity index (χ0) is 15.1. The lowest BCUT2D eigenvalue weighted by atomic mass is 10.0. The van der Waals surface area contributed by atoms with Gasteiger partial charge in [-0.3, -0.25) is 4.98 Å². The van der Waals surface area contributed by atoms with Gasteiger partial charge in [0, 0.05) is 36.7 Å². The topological polar surface area (TPSA) is 51.6 Å². The average Bonchev–Trinajstić information content (AvgIpc) is 2.55. The molecular formula is C17H21NO3. The van der Waals surface area contributed by atoms with E-state index in [1.165, 1.54) is 0 Å². The van der Waals surface area contributed by atoms with Gasteiger partial charge in [0.2, 0.25) is 0 Å². The van der Waals surface area contributed by atoms with Gasteiger partial charge in [-0.05, 0) is 25.5 Å². The average molecular weight is 287 g/mol. The van der Waals surface area contributed by atoms with Crippen molar-refractivity contribution >= 4 is 0 Å². The summed E-state index contributed by atoms with van der Waals surface area (Å²) in [7, 11) is 0. The molecule has 1 heterocycles. The van der Waals surface area contributed by atoms with Crippen LogP contribution in [0.4, 0.5) is 0 Å². The van der Waals surface area contributed by atoms with Crippen LogP contribution in [0.3, 0.4) is 0 Å². The number of aliphatic hydroxyl groups is 1. The van der Waals surface area contributed by atoms with Crippen LogP contribution in [0.15, 0.2) is 48.8 Å². The van der Waals surface area contributed by atoms with E-state index in [2.05, 4.69) is 4.98 Å². The molecule has 4 nitrogen and oxygen atoms in total. The number of rotatable bonds is 7. The van der Waals surface area contributed by atoms with Gasteiger partial charge >= 0.3 is 0 Å². The molecule has 4 heteroatoms. The van der Waals surface area contributed by atoms with Crippen LogP contribution < -0.4 is 0 Å². The summed E-state index contributed by atoms with van der Waals surface area (Å²) < 4.78 is 11.1. The van der Waals surface area contributed by atoms with Crippen LogP contribution in [0.5, 0.6) is 0 Å². The van der Waals surface area contributed by atoms with E-state index in [-0.39, 0.29) is 6.29 Å². The molecule has 1 N–H and O–H groups in total. The summed E-state index contributed by atoms with van der Waals surface area (Å²) >= 11 is 0. The maximum atomic E-state index is 10.3. The van der Waals surface area contributed by atoms with E-state index in [9.17, 15) is 5.11 Å². The minimum absolute atomic E-state index is 0.357. The molecule has 0 spiro atoms. The molecule has 2 aromatic rings. The fraction of sp³-hybridized carbons (Fsp3) is 0.353. The van der Waals surface area contributed by atoms with E-state index in [1.54, 1.807) is 12.4 Å². The summed E-state index contributed by atoms with van der Waals surface area (Å²) in [5, 5.41) is 10.3. The zero-order valence-corrected chi connectivity index (χ0v) is 12.4. The summed E-state index contributed by atoms with van der Waals surface area (Å²) in [6.45, 7) is 5.05. The van der Waals surface area contributed by atoms with Crippen LogP contribution in [0.25, 0.3) is 0 Å². The van der Waals surface area contributed by atoms with E-state index in [4.69, 9.17) is 9.47 Å². The fourth-order valence-corrected chi connectivity index (χ4v) is 2.11. The second-order valence-corrected chi connectivity index (χ2v) is 4.60. The first-order valence-electron chi connectivity index (χ1n) is 7.17. The third-order valence-corrected chi connectivity index (χ3v) is 3.16. The van der Waals surface area contributed by atoms with Gasteiger partial charge in [0.1, 0.15) is 6.10 Å². The Bertz CT molecular complexity index is 521. The summed E-state index contributed by atoms with van der Waals surface area (Å²) in [4.78, 5) is 4.03. The van der Waals surface area contributed by atoms with Crippen LogP contribution in [0.2, 0.25) is 0 Å². The smallest absolute Gasteiger partial charge is 0.183 e. The SMILES string of the molecule is CCOC(OCC)c1ccc(C(O)c2cccnc2)cc1. The highest BCUT2D eigenvalue weighted by atomic mass is 16.7. The van der Waals surface area contributed by atoms with Crippen LogP contribution in [0, 0.1) is 0 Å². The predicted molar refractivity (Wildman–Crippen MR) is 80.7 cm³/mol. The third kappa shape index (κ3) is 4.11. The molecule has 1 unspecified atom stereocenters. The molecule has 112 valence electrons. The molecule has 1 aromatic carbocycles. The summed E-state index contributed by atoms with van der Waals surface area (Å²) in [5.74, 6) is 0.